The summed E-state index contributed by atoms with van der Waals surface area (Å²) in [5, 5.41) is 24.9. The van der Waals surface area contributed by atoms with Crippen molar-refractivity contribution in [3.05, 3.63) is 54.2 Å². The maximum Gasteiger partial charge on any atom is 0.552 e. The molecular formula is C28H34BN3O10. The fourth-order valence-corrected chi connectivity index (χ4v) is 4.48. The third-order valence-corrected chi connectivity index (χ3v) is 6.52. The highest BCUT2D eigenvalue weighted by Crippen LogP contribution is 2.33. The number of nitrogens with one attached hydrogen (secondary N) is 2. The van der Waals surface area contributed by atoms with E-state index < -0.39 is 73.4 Å². The third kappa shape index (κ3) is 8.14. The second-order valence-electron chi connectivity index (χ2n) is 10.4. The predicted molar refractivity (Wildman–Crippen MR) is 149 cm³/mol. The monoisotopic (exact) mass is 583 g/mol. The van der Waals surface area contributed by atoms with Crippen LogP contribution in [0.15, 0.2) is 48.5 Å². The minimum atomic E-state index is -2.16. The van der Waals surface area contributed by atoms with E-state index in [0.717, 1.165) is 12.7 Å². The first kappa shape index (κ1) is 32.2. The Balaban J connectivity index is 1.80. The molecule has 2 heterocycles. The zero-order valence-corrected chi connectivity index (χ0v) is 23.7. The number of hydrogen-bond acceptors (Lipinski definition) is 10. The topological polar surface area (TPSA) is 190 Å². The lowest BCUT2D eigenvalue weighted by atomic mass is 9.73. The average Bonchev–Trinajstić information content (AvgIpc) is 3.25. The second-order valence-corrected chi connectivity index (χ2v) is 10.4. The van der Waals surface area contributed by atoms with Crippen molar-refractivity contribution in [3.8, 4) is 11.3 Å². The number of amides is 2. The Hall–Kier alpha value is -4.30. The summed E-state index contributed by atoms with van der Waals surface area (Å²) in [6.07, 6.45) is -2.73. The Morgan fingerprint density at radius 2 is 1.71 bits per heavy atom. The Kier molecular flexibility index (Phi) is 10.8. The number of rotatable bonds is 13. The third-order valence-electron chi connectivity index (χ3n) is 6.52. The number of nitrogens with zero attached hydrogens (tertiary/aromatic N) is 1. The van der Waals surface area contributed by atoms with E-state index in [1.807, 2.05) is 44.2 Å². The molecule has 1 aromatic carbocycles. The lowest BCUT2D eigenvalue weighted by Gasteiger charge is -2.27. The number of carbonyl (C=O) groups is 5. The zero-order chi connectivity index (χ0) is 31.0. The molecule has 4 N–H and O–H groups in total. The number of aliphatic carboxylic acids is 1. The molecule has 1 aliphatic heterocycles. The molecule has 1 aromatic heterocycles. The number of carboxylic acid groups (broad SMARTS) is 1. The minimum absolute atomic E-state index is 0.0165. The van der Waals surface area contributed by atoms with Crippen LogP contribution in [-0.4, -0.2) is 82.8 Å². The summed E-state index contributed by atoms with van der Waals surface area (Å²) in [5.74, 6) is -6.01. The minimum Gasteiger partial charge on any atom is -0.506 e. The van der Waals surface area contributed by atoms with Gasteiger partial charge in [0.05, 0.1) is 37.7 Å². The highest BCUT2D eigenvalue weighted by Gasteiger charge is 2.58. The maximum absolute atomic E-state index is 13.4. The highest BCUT2D eigenvalue weighted by atomic mass is 16.7. The number of pyridine rings is 1. The first-order valence-electron chi connectivity index (χ1n) is 13.3. The number of esters is 1. The molecule has 0 aliphatic carbocycles. The van der Waals surface area contributed by atoms with Crippen LogP contribution in [0.1, 0.15) is 50.5 Å². The molecule has 0 bridgehead atoms. The molecule has 2 aromatic rings. The van der Waals surface area contributed by atoms with Crippen LogP contribution in [0.4, 0.5) is 0 Å². The van der Waals surface area contributed by atoms with Crippen LogP contribution >= 0.6 is 0 Å². The van der Waals surface area contributed by atoms with Gasteiger partial charge in [-0.3, -0.25) is 24.0 Å². The van der Waals surface area contributed by atoms with E-state index in [2.05, 4.69) is 20.4 Å². The van der Waals surface area contributed by atoms with Crippen molar-refractivity contribution in [2.75, 3.05) is 7.11 Å². The smallest absolute Gasteiger partial charge is 0.506 e. The van der Waals surface area contributed by atoms with Crippen LogP contribution < -0.4 is 10.6 Å². The van der Waals surface area contributed by atoms with Crippen molar-refractivity contribution in [3.63, 3.8) is 0 Å². The van der Waals surface area contributed by atoms with Crippen LogP contribution in [0.2, 0.25) is 0 Å². The van der Waals surface area contributed by atoms with Crippen molar-refractivity contribution >= 4 is 36.8 Å². The van der Waals surface area contributed by atoms with Crippen molar-refractivity contribution in [1.29, 1.82) is 0 Å². The molecule has 42 heavy (non-hydrogen) atoms. The van der Waals surface area contributed by atoms with E-state index in [9.17, 15) is 34.2 Å². The molecule has 13 nitrogen and oxygen atoms in total. The van der Waals surface area contributed by atoms with Gasteiger partial charge in [0.1, 0.15) is 11.7 Å². The summed E-state index contributed by atoms with van der Waals surface area (Å²) in [7, 11) is -0.378. The number of carboxylic acids is 1. The van der Waals surface area contributed by atoms with Gasteiger partial charge in [0.15, 0.2) is 5.60 Å². The van der Waals surface area contributed by atoms with Crippen LogP contribution in [-0.2, 0) is 33.2 Å². The quantitative estimate of drug-likeness (QED) is 0.195. The molecule has 1 saturated heterocycles. The average molecular weight is 583 g/mol. The lowest BCUT2D eigenvalue weighted by molar-refractivity contribution is -0.159. The molecular weight excluding hydrogens is 549 g/mol. The molecule has 1 fully saturated rings. The second kappa shape index (κ2) is 14.1. The first-order valence-corrected chi connectivity index (χ1v) is 13.3. The predicted octanol–water partition coefficient (Wildman–Crippen LogP) is 1.14. The van der Waals surface area contributed by atoms with Gasteiger partial charge in [-0.15, -0.1) is 0 Å². The Morgan fingerprint density at radius 3 is 2.31 bits per heavy atom. The van der Waals surface area contributed by atoms with Crippen LogP contribution in [0.25, 0.3) is 11.3 Å². The molecule has 14 heteroatoms. The van der Waals surface area contributed by atoms with Gasteiger partial charge in [0.2, 0.25) is 5.91 Å². The van der Waals surface area contributed by atoms with Crippen molar-refractivity contribution in [1.82, 2.24) is 15.6 Å². The number of hydrogen-bond donors (Lipinski definition) is 4. The van der Waals surface area contributed by atoms with Crippen molar-refractivity contribution in [2.24, 2.45) is 5.92 Å². The molecule has 1 aliphatic rings. The van der Waals surface area contributed by atoms with E-state index in [0.29, 0.717) is 5.69 Å². The summed E-state index contributed by atoms with van der Waals surface area (Å²) in [4.78, 5) is 67.1. The Labute approximate surface area is 243 Å². The van der Waals surface area contributed by atoms with Gasteiger partial charge in [-0.2, -0.15) is 0 Å². The van der Waals surface area contributed by atoms with Gasteiger partial charge < -0.3 is 34.9 Å². The normalized spacial score (nSPS) is 18.5. The number of aliphatic hydroxyl groups is 1. The van der Waals surface area contributed by atoms with E-state index in [-0.39, 0.29) is 18.0 Å². The van der Waals surface area contributed by atoms with Crippen LogP contribution in [0.3, 0.4) is 0 Å². The molecule has 224 valence electrons. The molecule has 4 atom stereocenters. The molecule has 1 unspecified atom stereocenters. The van der Waals surface area contributed by atoms with E-state index >= 15 is 0 Å². The summed E-state index contributed by atoms with van der Waals surface area (Å²) in [6, 6.07) is 12.6. The SMILES string of the molecule is COC(=O)CC1(CC(=O)O)OB([C@H](CC(C)C)NC(=O)[C@@H](NC(=O)c2cccc(-c3ccccc3)n2)[C@@H](C)O)OC1=O. The van der Waals surface area contributed by atoms with Crippen molar-refractivity contribution < 1.29 is 48.2 Å². The first-order chi connectivity index (χ1) is 19.8. The van der Waals surface area contributed by atoms with Gasteiger partial charge in [-0.25, -0.2) is 4.98 Å². The fourth-order valence-electron chi connectivity index (χ4n) is 4.48. The maximum atomic E-state index is 13.4. The van der Waals surface area contributed by atoms with E-state index in [4.69, 9.17) is 9.31 Å². The summed E-state index contributed by atoms with van der Waals surface area (Å²) in [6.45, 7) is 4.97. The molecule has 0 radical (unpaired) electrons. The lowest BCUT2D eigenvalue weighted by Crippen LogP contribution is -2.58. The number of methoxy groups -OCH3 is 1. The largest absolute Gasteiger partial charge is 0.552 e. The molecule has 2 amide bonds. The number of aliphatic hydroxyl groups excluding tert-OH is 1. The summed E-state index contributed by atoms with van der Waals surface area (Å²) >= 11 is 0. The van der Waals surface area contributed by atoms with E-state index in [1.165, 1.54) is 13.0 Å². The van der Waals surface area contributed by atoms with Gasteiger partial charge >= 0.3 is 25.0 Å². The van der Waals surface area contributed by atoms with Crippen molar-refractivity contribution in [2.45, 2.75) is 63.7 Å². The summed E-state index contributed by atoms with van der Waals surface area (Å²) in [5.41, 5.74) is -0.819. The van der Waals surface area contributed by atoms with Crippen LogP contribution in [0, 0.1) is 5.92 Å². The Morgan fingerprint density at radius 1 is 1.02 bits per heavy atom. The number of aromatic nitrogens is 1. The fraction of sp³-hybridized carbons (Fsp3) is 0.429. The number of benzene rings is 1. The van der Waals surface area contributed by atoms with E-state index in [1.54, 1.807) is 12.1 Å². The molecule has 0 saturated carbocycles. The van der Waals surface area contributed by atoms with Gasteiger partial charge in [-0.1, -0.05) is 50.2 Å². The van der Waals surface area contributed by atoms with Crippen LogP contribution in [0.5, 0.6) is 0 Å². The summed E-state index contributed by atoms with van der Waals surface area (Å²) < 4.78 is 15.6. The van der Waals surface area contributed by atoms with Gasteiger partial charge in [-0.05, 0) is 31.4 Å². The number of carbonyl (C=O) groups excluding carboxylic acids is 4. The molecule has 3 rings (SSSR count). The Bertz CT molecular complexity index is 1310. The number of ether oxygens (including phenoxy) is 1. The highest BCUT2D eigenvalue weighted by molar-refractivity contribution is 6.51. The van der Waals surface area contributed by atoms with Gasteiger partial charge in [0, 0.05) is 5.56 Å². The van der Waals surface area contributed by atoms with Gasteiger partial charge in [0.25, 0.3) is 5.91 Å². The zero-order valence-electron chi connectivity index (χ0n) is 23.7. The standard InChI is InChI=1S/C28H34BN3O10/c1-16(2)13-21(29-41-27(39)28(42-29,14-22(34)35)15-23(36)40-4)31-26(38)24(17(3)33)32-25(37)20-12-8-11-19(30-20)18-9-6-5-7-10-18/h5-12,16-17,21,24,33H,13-15H2,1-4H3,(H,31,38)(H,32,37)(H,34,35)/t17-,21+,24+,28?/m1/s1. The molecule has 0 spiro atoms.